The third-order valence-electron chi connectivity index (χ3n) is 8.84. The maximum atomic E-state index is 12.0. The molecule has 0 aliphatic heterocycles. The van der Waals surface area contributed by atoms with E-state index in [1.54, 1.807) is 0 Å². The summed E-state index contributed by atoms with van der Waals surface area (Å²) in [4.78, 5) is 34.6. The molecule has 0 spiro atoms. The number of benzene rings is 2. The van der Waals surface area contributed by atoms with E-state index in [9.17, 15) is 14.4 Å². The number of nitrogens with two attached hydrogens (primary N) is 1. The molecule has 0 bridgehead atoms. The number of aryl methyl sites for hydroxylation is 1. The summed E-state index contributed by atoms with van der Waals surface area (Å²) in [6.07, 6.45) is 10.8. The van der Waals surface area contributed by atoms with Crippen LogP contribution >= 0.6 is 22.6 Å². The van der Waals surface area contributed by atoms with Gasteiger partial charge in [0.05, 0.1) is 35.5 Å². The molecule has 2 aromatic carbocycles. The zero-order chi connectivity index (χ0) is 54.8. The van der Waals surface area contributed by atoms with Crippen LogP contribution in [0.15, 0.2) is 48.5 Å². The fourth-order valence-corrected chi connectivity index (χ4v) is 5.49. The van der Waals surface area contributed by atoms with Gasteiger partial charge in [0.1, 0.15) is 41.5 Å². The molecule has 0 aliphatic carbocycles. The standard InChI is InChI=1S/C19H31NO4.2C11H19NO2.C8H9IO2.C5H13NO/c1-14(2)16(20-18(22)24-19(3,4)5)11-10-15-8-6-7-9-17(15)23-13-12-21;2*1-7-9(8(2)3)12-10(13)14-11(4,5)6;9-7-3-1-2-4-8(7)11-6-5-10;1-4(2)5(6)3-7/h6-9,14,16,21H,10-13H2,1-5H3,(H,20,22);2*1,8-9H,2-6H3,(H,12,13);1-4,10H,5-6H2;4-5,7H,3,6H2,1-2H3/t16-;2*9-;;5-/m111.1/s1. The Morgan fingerprint density at radius 2 is 0.971 bits per heavy atom. The van der Waals surface area contributed by atoms with Crippen molar-refractivity contribution in [3.63, 3.8) is 0 Å². The van der Waals surface area contributed by atoms with Gasteiger partial charge < -0.3 is 60.7 Å². The lowest BCUT2D eigenvalue weighted by Crippen LogP contribution is -2.42. The molecule has 0 radical (unpaired) electrons. The lowest BCUT2D eigenvalue weighted by molar-refractivity contribution is 0.0480. The van der Waals surface area contributed by atoms with Gasteiger partial charge in [-0.3, -0.25) is 0 Å². The molecule has 4 atom stereocenters. The predicted octanol–water partition coefficient (Wildman–Crippen LogP) is 9.50. The predicted molar refractivity (Wildman–Crippen MR) is 291 cm³/mol. The van der Waals surface area contributed by atoms with Crippen LogP contribution in [0.3, 0.4) is 0 Å². The van der Waals surface area contributed by atoms with Crippen molar-refractivity contribution in [1.82, 2.24) is 16.0 Å². The number of ether oxygens (including phenoxy) is 5. The minimum Gasteiger partial charge on any atom is -0.491 e. The van der Waals surface area contributed by atoms with Gasteiger partial charge in [-0.25, -0.2) is 14.4 Å². The van der Waals surface area contributed by atoms with Crippen LogP contribution in [-0.4, -0.2) is 108 Å². The van der Waals surface area contributed by atoms with Gasteiger partial charge in [-0.1, -0.05) is 97.6 Å². The Balaban J connectivity index is -0.000000849. The first-order valence-electron chi connectivity index (χ1n) is 23.8. The molecular formula is C54H91IN4O11. The fourth-order valence-electron chi connectivity index (χ4n) is 4.95. The number of aliphatic hydroxyl groups excluding tert-OH is 3. The van der Waals surface area contributed by atoms with Crippen molar-refractivity contribution >= 4 is 40.9 Å². The van der Waals surface area contributed by atoms with Gasteiger partial charge in [0, 0.05) is 12.1 Å². The molecule has 8 N–H and O–H groups in total. The largest absolute Gasteiger partial charge is 0.491 e. The summed E-state index contributed by atoms with van der Waals surface area (Å²) >= 11 is 2.19. The number of alkyl carbamates (subject to hydrolysis) is 3. The van der Waals surface area contributed by atoms with E-state index in [2.05, 4.69) is 64.2 Å². The van der Waals surface area contributed by atoms with Crippen molar-refractivity contribution in [2.45, 2.75) is 172 Å². The number of para-hydroxylation sites is 2. The number of nitrogens with one attached hydrogen (secondary N) is 3. The number of carbonyl (C=O) groups excluding carboxylic acids is 3. The quantitative estimate of drug-likeness (QED) is 0.0448. The Kier molecular flexibility index (Phi) is 37.2. The third kappa shape index (κ3) is 39.3. The molecule has 2 aromatic rings. The summed E-state index contributed by atoms with van der Waals surface area (Å²) in [5.41, 5.74) is 4.96. The van der Waals surface area contributed by atoms with Crippen molar-refractivity contribution < 1.29 is 53.4 Å². The summed E-state index contributed by atoms with van der Waals surface area (Å²) in [5, 5.41) is 34.0. The van der Waals surface area contributed by atoms with Gasteiger partial charge in [0.15, 0.2) is 0 Å². The molecule has 3 amide bonds. The fraction of sp³-hybridized carbons (Fsp3) is 0.648. The Bertz CT molecular complexity index is 1750. The maximum absolute atomic E-state index is 12.0. The lowest BCUT2D eigenvalue weighted by atomic mass is 9.96. The average molecular weight is 1100 g/mol. The van der Waals surface area contributed by atoms with Gasteiger partial charge in [0.25, 0.3) is 0 Å². The number of carbonyl (C=O) groups is 3. The Morgan fingerprint density at radius 1 is 0.600 bits per heavy atom. The molecule has 0 heterocycles. The van der Waals surface area contributed by atoms with Crippen LogP contribution in [0.5, 0.6) is 11.5 Å². The average Bonchev–Trinajstić information content (AvgIpc) is 3.23. The van der Waals surface area contributed by atoms with E-state index in [1.807, 2.05) is 152 Å². The van der Waals surface area contributed by atoms with Crippen LogP contribution in [0, 0.1) is 51.9 Å². The zero-order valence-corrected chi connectivity index (χ0v) is 47.6. The highest BCUT2D eigenvalue weighted by molar-refractivity contribution is 14.1. The monoisotopic (exact) mass is 1100 g/mol. The molecule has 15 nitrogen and oxygen atoms in total. The van der Waals surface area contributed by atoms with E-state index in [4.69, 9.17) is 57.6 Å². The van der Waals surface area contributed by atoms with E-state index >= 15 is 0 Å². The second-order valence-corrected chi connectivity index (χ2v) is 21.5. The third-order valence-corrected chi connectivity index (χ3v) is 9.73. The number of halogens is 1. The van der Waals surface area contributed by atoms with Crippen LogP contribution in [0.4, 0.5) is 14.4 Å². The van der Waals surface area contributed by atoms with E-state index in [1.165, 1.54) is 0 Å². The summed E-state index contributed by atoms with van der Waals surface area (Å²) in [5.74, 6) is 7.72. The van der Waals surface area contributed by atoms with E-state index in [0.29, 0.717) is 18.4 Å². The SMILES string of the molecule is C#C[C@@H](NC(=O)OC(C)(C)C)C(C)C.C#C[C@@H](NC(=O)OC(C)(C)C)C(C)C.CC(C)[C@@H](CCc1ccccc1OCCO)NC(=O)OC(C)(C)C.CC(C)[C@H](N)CO.OCCOc1ccccc1I. The van der Waals surface area contributed by atoms with E-state index in [-0.39, 0.29) is 68.5 Å². The van der Waals surface area contributed by atoms with Crippen LogP contribution < -0.4 is 31.2 Å². The summed E-state index contributed by atoms with van der Waals surface area (Å²) in [6.45, 7) is 33.1. The smallest absolute Gasteiger partial charge is 0.408 e. The molecule has 16 heteroatoms. The van der Waals surface area contributed by atoms with Crippen LogP contribution in [0.25, 0.3) is 0 Å². The number of rotatable bonds is 17. The first-order valence-corrected chi connectivity index (χ1v) is 24.9. The molecule has 2 rings (SSSR count). The molecule has 0 fully saturated rings. The Labute approximate surface area is 436 Å². The second kappa shape index (κ2) is 37.3. The lowest BCUT2D eigenvalue weighted by Gasteiger charge is -2.26. The van der Waals surface area contributed by atoms with Gasteiger partial charge in [-0.2, -0.15) is 0 Å². The van der Waals surface area contributed by atoms with Crippen molar-refractivity contribution in [2.24, 2.45) is 29.4 Å². The summed E-state index contributed by atoms with van der Waals surface area (Å²) in [7, 11) is 0. The molecule has 0 saturated heterocycles. The number of aliphatic hydroxyl groups is 3. The summed E-state index contributed by atoms with van der Waals surface area (Å²) < 4.78 is 27.4. The van der Waals surface area contributed by atoms with E-state index in [0.717, 1.165) is 33.5 Å². The Morgan fingerprint density at radius 3 is 1.29 bits per heavy atom. The minimum atomic E-state index is -0.504. The number of hydrogen-bond acceptors (Lipinski definition) is 12. The first kappa shape index (κ1) is 69.8. The van der Waals surface area contributed by atoms with Gasteiger partial charge in [-0.15, -0.1) is 12.8 Å². The minimum absolute atomic E-state index is 0.0108. The number of terminal acetylenes is 2. The molecular weight excluding hydrogens is 1010 g/mol. The first-order chi connectivity index (χ1) is 32.3. The van der Waals surface area contributed by atoms with Crippen LogP contribution in [0.2, 0.25) is 0 Å². The molecule has 0 saturated carbocycles. The number of hydrogen-bond donors (Lipinski definition) is 7. The van der Waals surface area contributed by atoms with Gasteiger partial charge >= 0.3 is 18.3 Å². The van der Waals surface area contributed by atoms with Gasteiger partial charge in [0.2, 0.25) is 0 Å². The highest BCUT2D eigenvalue weighted by Gasteiger charge is 2.23. The maximum Gasteiger partial charge on any atom is 0.408 e. The van der Waals surface area contributed by atoms with Crippen LogP contribution in [0.1, 0.15) is 130 Å². The molecule has 70 heavy (non-hydrogen) atoms. The normalized spacial score (nSPS) is 12.7. The van der Waals surface area contributed by atoms with Crippen LogP contribution in [-0.2, 0) is 20.6 Å². The van der Waals surface area contributed by atoms with Crippen molar-refractivity contribution in [1.29, 1.82) is 0 Å². The molecule has 0 unspecified atom stereocenters. The van der Waals surface area contributed by atoms with Gasteiger partial charge in [-0.05, 0) is 145 Å². The molecule has 0 aliphatic rings. The second-order valence-electron chi connectivity index (χ2n) is 20.4. The van der Waals surface area contributed by atoms with Crippen molar-refractivity contribution in [2.75, 3.05) is 33.0 Å². The topological polar surface area (TPSA) is 220 Å². The zero-order valence-electron chi connectivity index (χ0n) is 45.4. The highest BCUT2D eigenvalue weighted by Crippen LogP contribution is 2.22. The van der Waals surface area contributed by atoms with Crippen molar-refractivity contribution in [3.8, 4) is 36.2 Å². The Hall–Kier alpha value is -4.46. The highest BCUT2D eigenvalue weighted by atomic mass is 127. The van der Waals surface area contributed by atoms with Crippen molar-refractivity contribution in [3.05, 3.63) is 57.7 Å². The molecule has 0 aromatic heterocycles. The number of amides is 3. The summed E-state index contributed by atoms with van der Waals surface area (Å²) in [6, 6.07) is 14.9. The van der Waals surface area contributed by atoms with E-state index < -0.39 is 29.0 Å². The molecule has 400 valence electrons.